The third kappa shape index (κ3) is 5.52. The number of aromatic nitrogens is 1. The van der Waals surface area contributed by atoms with Gasteiger partial charge in [-0.1, -0.05) is 31.2 Å². The minimum Gasteiger partial charge on any atom is -0.497 e. The maximum atomic E-state index is 14.1. The monoisotopic (exact) mass is 574 g/mol. The third-order valence-electron chi connectivity index (χ3n) is 7.76. The van der Waals surface area contributed by atoms with Gasteiger partial charge in [-0.3, -0.25) is 4.98 Å². The summed E-state index contributed by atoms with van der Waals surface area (Å²) in [6.07, 6.45) is 2.93. The molecular weight excluding hydrogens is 540 g/mol. The molecule has 1 aromatic heterocycles. The number of methoxy groups -OCH3 is 1. The number of aliphatic hydroxyl groups is 1. The fourth-order valence-electron chi connectivity index (χ4n) is 5.36. The predicted octanol–water partition coefficient (Wildman–Crippen LogP) is 5.30. The average molecular weight is 575 g/mol. The van der Waals surface area contributed by atoms with Gasteiger partial charge < -0.3 is 19.5 Å². The van der Waals surface area contributed by atoms with Crippen molar-refractivity contribution in [2.45, 2.75) is 48.5 Å². The van der Waals surface area contributed by atoms with Crippen molar-refractivity contribution in [3.8, 4) is 5.75 Å². The van der Waals surface area contributed by atoms with Gasteiger partial charge in [0.2, 0.25) is 9.84 Å². The van der Waals surface area contributed by atoms with E-state index in [1.807, 2.05) is 48.2 Å². The van der Waals surface area contributed by atoms with Crippen LogP contribution in [-0.4, -0.2) is 51.3 Å². The molecule has 3 aromatic carbocycles. The van der Waals surface area contributed by atoms with Crippen LogP contribution in [-0.2, 0) is 26.6 Å². The molecule has 41 heavy (non-hydrogen) atoms. The van der Waals surface area contributed by atoms with Crippen LogP contribution in [0.4, 0.5) is 5.69 Å². The Morgan fingerprint density at radius 1 is 1.02 bits per heavy atom. The van der Waals surface area contributed by atoms with Gasteiger partial charge in [0.15, 0.2) is 0 Å². The Bertz CT molecular complexity index is 1680. The number of anilines is 1. The Labute approximate surface area is 240 Å². The van der Waals surface area contributed by atoms with Crippen molar-refractivity contribution in [3.63, 3.8) is 0 Å². The van der Waals surface area contributed by atoms with E-state index in [4.69, 9.17) is 9.47 Å². The standard InChI is InChI=1S/C32H34N2O6S/c1-4-22-9-12-26(13-10-22)41(37,38)29-21-33-28-14-11-23(31(35)40-5-2)19-27(28)30(29)34-17-15-32(36,16-18-34)24-7-6-8-25(20-24)39-3/h6-14,19-21,36H,4-5,15-18H2,1-3H3. The molecular formula is C32H34N2O6S. The molecule has 1 fully saturated rings. The van der Waals surface area contributed by atoms with Gasteiger partial charge in [-0.15, -0.1) is 0 Å². The zero-order valence-electron chi connectivity index (χ0n) is 23.5. The molecule has 1 saturated heterocycles. The number of pyridine rings is 1. The number of hydrogen-bond acceptors (Lipinski definition) is 8. The second kappa shape index (κ2) is 11.5. The Balaban J connectivity index is 1.61. The van der Waals surface area contributed by atoms with Crippen LogP contribution in [0.1, 0.15) is 48.2 Å². The molecule has 0 amide bonds. The van der Waals surface area contributed by atoms with Crippen molar-refractivity contribution in [1.82, 2.24) is 4.98 Å². The molecule has 0 unspecified atom stereocenters. The lowest BCUT2D eigenvalue weighted by molar-refractivity contribution is 0.0115. The van der Waals surface area contributed by atoms with Crippen molar-refractivity contribution in [2.24, 2.45) is 0 Å². The van der Waals surface area contributed by atoms with Crippen LogP contribution in [0, 0.1) is 0 Å². The number of ether oxygens (including phenoxy) is 2. The number of aryl methyl sites for hydroxylation is 1. The Hall–Kier alpha value is -3.95. The van der Waals surface area contributed by atoms with Crippen molar-refractivity contribution in [3.05, 3.63) is 89.6 Å². The van der Waals surface area contributed by atoms with Gasteiger partial charge >= 0.3 is 5.97 Å². The van der Waals surface area contributed by atoms with Crippen LogP contribution in [0.5, 0.6) is 5.75 Å². The van der Waals surface area contributed by atoms with Crippen LogP contribution in [0.3, 0.4) is 0 Å². The Kier molecular flexibility index (Phi) is 8.02. The summed E-state index contributed by atoms with van der Waals surface area (Å²) < 4.78 is 38.7. The first-order valence-corrected chi connectivity index (χ1v) is 15.2. The molecule has 0 bridgehead atoms. The zero-order valence-corrected chi connectivity index (χ0v) is 24.3. The van der Waals surface area contributed by atoms with Crippen LogP contribution < -0.4 is 9.64 Å². The number of fused-ring (bicyclic) bond motifs is 1. The number of carbonyl (C=O) groups excluding carboxylic acids is 1. The summed E-state index contributed by atoms with van der Waals surface area (Å²) in [4.78, 5) is 19.3. The first kappa shape index (κ1) is 28.6. The van der Waals surface area contributed by atoms with Crippen LogP contribution >= 0.6 is 0 Å². The molecule has 1 N–H and O–H groups in total. The van der Waals surface area contributed by atoms with Crippen molar-refractivity contribution >= 4 is 32.4 Å². The summed E-state index contributed by atoms with van der Waals surface area (Å²) in [6.45, 7) is 4.73. The quantitative estimate of drug-likeness (QED) is 0.283. The van der Waals surface area contributed by atoms with Crippen molar-refractivity contribution in [2.75, 3.05) is 31.7 Å². The van der Waals surface area contributed by atoms with Gasteiger partial charge in [-0.2, -0.15) is 0 Å². The first-order valence-electron chi connectivity index (χ1n) is 13.8. The Morgan fingerprint density at radius 2 is 1.76 bits per heavy atom. The molecule has 2 heterocycles. The first-order chi connectivity index (χ1) is 19.7. The van der Waals surface area contributed by atoms with Gasteiger partial charge in [-0.25, -0.2) is 13.2 Å². The summed E-state index contributed by atoms with van der Waals surface area (Å²) in [5.74, 6) is 0.169. The highest BCUT2D eigenvalue weighted by Gasteiger charge is 2.37. The average Bonchev–Trinajstić information content (AvgIpc) is 3.00. The van der Waals surface area contributed by atoms with E-state index >= 15 is 0 Å². The molecule has 0 saturated carbocycles. The summed E-state index contributed by atoms with van der Waals surface area (Å²) >= 11 is 0. The zero-order chi connectivity index (χ0) is 29.2. The molecule has 1 aliphatic rings. The topological polar surface area (TPSA) is 106 Å². The van der Waals surface area contributed by atoms with Crippen LogP contribution in [0.25, 0.3) is 10.9 Å². The maximum Gasteiger partial charge on any atom is 0.338 e. The number of nitrogens with zero attached hydrogens (tertiary/aromatic N) is 2. The normalized spacial score (nSPS) is 15.1. The lowest BCUT2D eigenvalue weighted by Gasteiger charge is -2.40. The molecule has 1 aliphatic heterocycles. The molecule has 4 aromatic rings. The highest BCUT2D eigenvalue weighted by Crippen LogP contribution is 2.41. The summed E-state index contributed by atoms with van der Waals surface area (Å²) in [6, 6.07) is 19.2. The van der Waals surface area contributed by atoms with E-state index in [0.717, 1.165) is 17.5 Å². The highest BCUT2D eigenvalue weighted by molar-refractivity contribution is 7.91. The van der Waals surface area contributed by atoms with Gasteiger partial charge in [0.25, 0.3) is 0 Å². The van der Waals surface area contributed by atoms with Crippen LogP contribution in [0.15, 0.2) is 82.7 Å². The van der Waals surface area contributed by atoms with E-state index in [1.54, 1.807) is 44.4 Å². The SMILES string of the molecule is CCOC(=O)c1ccc2ncc(S(=O)(=O)c3ccc(CC)cc3)c(N3CCC(O)(c4cccc(OC)c4)CC3)c2c1. The second-order valence-corrected chi connectivity index (χ2v) is 12.1. The minimum atomic E-state index is -3.97. The lowest BCUT2D eigenvalue weighted by atomic mass is 9.84. The number of benzene rings is 3. The van der Waals surface area contributed by atoms with E-state index in [1.165, 1.54) is 6.20 Å². The molecule has 8 nitrogen and oxygen atoms in total. The van der Waals surface area contributed by atoms with Gasteiger partial charge in [0, 0.05) is 24.7 Å². The van der Waals surface area contributed by atoms with Gasteiger partial charge in [0.1, 0.15) is 10.6 Å². The molecule has 5 rings (SSSR count). The van der Waals surface area contributed by atoms with Gasteiger partial charge in [0.05, 0.1) is 41.0 Å². The minimum absolute atomic E-state index is 0.0575. The fraction of sp³-hybridized carbons (Fsp3) is 0.312. The number of carbonyl (C=O) groups is 1. The van der Waals surface area contributed by atoms with E-state index in [9.17, 15) is 18.3 Å². The number of esters is 1. The summed E-state index contributed by atoms with van der Waals surface area (Å²) in [5.41, 5.74) is 2.03. The maximum absolute atomic E-state index is 14.1. The van der Waals surface area contributed by atoms with E-state index in [0.29, 0.717) is 53.8 Å². The largest absolute Gasteiger partial charge is 0.497 e. The van der Waals surface area contributed by atoms with E-state index < -0.39 is 21.4 Å². The summed E-state index contributed by atoms with van der Waals surface area (Å²) in [7, 11) is -2.38. The molecule has 214 valence electrons. The number of piperidine rings is 1. The number of hydrogen-bond donors (Lipinski definition) is 1. The lowest BCUT2D eigenvalue weighted by Crippen LogP contribution is -2.43. The van der Waals surface area contributed by atoms with E-state index in [2.05, 4.69) is 4.98 Å². The second-order valence-electron chi connectivity index (χ2n) is 10.2. The summed E-state index contributed by atoms with van der Waals surface area (Å²) in [5, 5.41) is 12.1. The third-order valence-corrected chi connectivity index (χ3v) is 9.53. The van der Waals surface area contributed by atoms with E-state index in [-0.39, 0.29) is 16.4 Å². The molecule has 0 aliphatic carbocycles. The van der Waals surface area contributed by atoms with Crippen LogP contribution in [0.2, 0.25) is 0 Å². The number of sulfone groups is 1. The molecule has 0 spiro atoms. The van der Waals surface area contributed by atoms with Gasteiger partial charge in [-0.05, 0) is 79.8 Å². The smallest absolute Gasteiger partial charge is 0.338 e. The van der Waals surface area contributed by atoms with Crippen molar-refractivity contribution < 1.29 is 27.8 Å². The number of rotatable bonds is 8. The van der Waals surface area contributed by atoms with Crippen molar-refractivity contribution in [1.29, 1.82) is 0 Å². The molecule has 0 atom stereocenters. The fourth-order valence-corrected chi connectivity index (χ4v) is 6.79. The molecule has 9 heteroatoms. The Morgan fingerprint density at radius 3 is 2.41 bits per heavy atom. The highest BCUT2D eigenvalue weighted by atomic mass is 32.2. The predicted molar refractivity (Wildman–Crippen MR) is 157 cm³/mol. The molecule has 0 radical (unpaired) electrons.